The number of likely N-dealkylation sites (tertiary alicyclic amines) is 2. The maximum Gasteiger partial charge on any atom is 0.208 e. The molecule has 2 unspecified atom stereocenters. The summed E-state index contributed by atoms with van der Waals surface area (Å²) in [5, 5.41) is 9.97. The van der Waals surface area contributed by atoms with E-state index >= 15 is 4.79 Å². The molecular weight excluding hydrogens is 996 g/mol. The lowest BCUT2D eigenvalue weighted by Crippen LogP contribution is -2.32. The van der Waals surface area contributed by atoms with Gasteiger partial charge in [0.25, 0.3) is 0 Å². The van der Waals surface area contributed by atoms with Gasteiger partial charge in [0, 0.05) is 83.6 Å². The highest BCUT2D eigenvalue weighted by Gasteiger charge is 2.42. The SMILES string of the molecule is CS(=O)(=O)NCCCOc1cc(-c2cc3cc(CN4CCCCC4)ccc3[nH]2)c2c(c1Cl)CNC2C(=O)C1NCc2c(Cl)c(OCCCNS(C)(=O)=O)cc(-c3cc4cc(CN5CCCCC5)ccc4[nH]3)c21. The van der Waals surface area contributed by atoms with Crippen LogP contribution < -0.4 is 29.6 Å². The van der Waals surface area contributed by atoms with Crippen LogP contribution in [0.1, 0.15) is 96.8 Å². The van der Waals surface area contributed by atoms with Crippen molar-refractivity contribution < 1.29 is 31.1 Å². The molecule has 19 heteroatoms. The Bertz CT molecular complexity index is 3010. The molecule has 4 aliphatic rings. The smallest absolute Gasteiger partial charge is 0.208 e. The zero-order chi connectivity index (χ0) is 50.1. The Kier molecular flexibility index (Phi) is 15.4. The van der Waals surface area contributed by atoms with Gasteiger partial charge in [-0.3, -0.25) is 25.2 Å². The molecule has 0 bridgehead atoms. The topological polar surface area (TPSA) is 190 Å². The van der Waals surface area contributed by atoms with Crippen molar-refractivity contribution in [3.63, 3.8) is 0 Å². The molecule has 2 atom stereocenters. The summed E-state index contributed by atoms with van der Waals surface area (Å²) < 4.78 is 64.6. The maximum absolute atomic E-state index is 15.6. The normalized spacial score (nSPS) is 18.8. The fraction of sp³-hybridized carbons (Fsp3) is 0.453. The van der Waals surface area contributed by atoms with E-state index in [1.165, 1.54) is 49.7 Å². The standard InChI is InChI=1S/C53H64Cl2N8O7S2/c1-71(65,66)58-15-9-21-69-45-27-37(43-25-35-23-33(11-13-41(35)60-43)31-62-17-5-3-6-18-62)47-39(49(45)54)29-56-51(47)53(64)52-48-38(28-46(50(55)40(48)30-57-52)70-22-10-16-59-72(2,67)68)44-26-36-24-34(12-14-42(36)61-44)32-63-19-7-4-8-20-63/h11-14,23-28,51-52,56-61H,3-10,15-22,29-32H2,1-2H3. The Balaban J connectivity index is 1.01. The van der Waals surface area contributed by atoms with Crippen LogP contribution in [0.15, 0.2) is 60.7 Å². The van der Waals surface area contributed by atoms with Gasteiger partial charge in [0.2, 0.25) is 20.0 Å². The zero-order valence-electron chi connectivity index (χ0n) is 40.9. The van der Waals surface area contributed by atoms with Crippen LogP contribution in [0.3, 0.4) is 0 Å². The Hall–Kier alpha value is -4.53. The van der Waals surface area contributed by atoms with E-state index in [9.17, 15) is 16.8 Å². The fourth-order valence-electron chi connectivity index (χ4n) is 11.0. The molecule has 15 nitrogen and oxygen atoms in total. The number of Topliss-reactive ketones (excluding diaryl/α,β-unsaturated/α-hetero) is 1. The Morgan fingerprint density at radius 2 is 1.03 bits per heavy atom. The lowest BCUT2D eigenvalue weighted by Gasteiger charge is -2.26. The predicted molar refractivity (Wildman–Crippen MR) is 286 cm³/mol. The van der Waals surface area contributed by atoms with E-state index in [-0.39, 0.29) is 32.1 Å². The summed E-state index contributed by atoms with van der Waals surface area (Å²) in [5.74, 6) is 0.781. The number of carbonyl (C=O) groups excluding carboxylic acids is 1. The quantitative estimate of drug-likeness (QED) is 0.0403. The van der Waals surface area contributed by atoms with E-state index in [0.717, 1.165) is 118 Å². The van der Waals surface area contributed by atoms with Crippen molar-refractivity contribution in [2.24, 2.45) is 0 Å². The van der Waals surface area contributed by atoms with Crippen molar-refractivity contribution >= 4 is 70.8 Å². The maximum atomic E-state index is 15.6. The molecular formula is C53H64Cl2N8O7S2. The lowest BCUT2D eigenvalue weighted by atomic mass is 9.87. The number of sulfonamides is 2. The van der Waals surface area contributed by atoms with Gasteiger partial charge in [0.15, 0.2) is 5.78 Å². The highest BCUT2D eigenvalue weighted by molar-refractivity contribution is 7.89. The lowest BCUT2D eigenvalue weighted by molar-refractivity contribution is -0.123. The van der Waals surface area contributed by atoms with Crippen molar-refractivity contribution in [1.29, 1.82) is 0 Å². The molecule has 0 saturated carbocycles. The second kappa shape index (κ2) is 21.7. The molecule has 6 heterocycles. The van der Waals surface area contributed by atoms with E-state index in [1.807, 2.05) is 12.1 Å². The van der Waals surface area contributed by atoms with Gasteiger partial charge in [-0.15, -0.1) is 0 Å². The number of hydrogen-bond donors (Lipinski definition) is 6. The van der Waals surface area contributed by atoms with E-state index in [0.29, 0.717) is 47.5 Å². The number of fused-ring (bicyclic) bond motifs is 4. The van der Waals surface area contributed by atoms with Crippen LogP contribution in [0.5, 0.6) is 11.5 Å². The number of hydrogen-bond acceptors (Lipinski definition) is 11. The molecule has 4 aliphatic heterocycles. The molecule has 0 amide bonds. The summed E-state index contributed by atoms with van der Waals surface area (Å²) in [4.78, 5) is 27.9. The van der Waals surface area contributed by atoms with Gasteiger partial charge in [0.1, 0.15) is 11.5 Å². The van der Waals surface area contributed by atoms with Crippen molar-refractivity contribution in [2.75, 3.05) is 65.0 Å². The minimum Gasteiger partial charge on any atom is -0.492 e. The molecule has 2 fully saturated rings. The second-order valence-electron chi connectivity index (χ2n) is 19.9. The van der Waals surface area contributed by atoms with Crippen LogP contribution in [0.25, 0.3) is 44.3 Å². The molecule has 4 aromatic carbocycles. The summed E-state index contributed by atoms with van der Waals surface area (Å²) >= 11 is 14.5. The first-order valence-electron chi connectivity index (χ1n) is 25.2. The molecule has 384 valence electrons. The van der Waals surface area contributed by atoms with Crippen molar-refractivity contribution in [1.82, 2.24) is 39.8 Å². The molecule has 10 rings (SSSR count). The van der Waals surface area contributed by atoms with Crippen molar-refractivity contribution in [3.05, 3.63) is 104 Å². The number of ether oxygens (including phenoxy) is 2. The van der Waals surface area contributed by atoms with Crippen LogP contribution in [0.2, 0.25) is 10.0 Å². The molecule has 0 aliphatic carbocycles. The Morgan fingerprint density at radius 1 is 0.611 bits per heavy atom. The van der Waals surface area contributed by atoms with Gasteiger partial charge >= 0.3 is 0 Å². The number of halogens is 2. The van der Waals surface area contributed by atoms with Gasteiger partial charge in [0.05, 0.1) is 47.9 Å². The predicted octanol–water partition coefficient (Wildman–Crippen LogP) is 8.46. The summed E-state index contributed by atoms with van der Waals surface area (Å²) in [6.45, 7) is 7.63. The number of piperidine rings is 2. The molecule has 0 spiro atoms. The number of carbonyl (C=O) groups is 1. The highest BCUT2D eigenvalue weighted by Crippen LogP contribution is 2.49. The first-order valence-corrected chi connectivity index (χ1v) is 29.7. The average Bonchev–Trinajstić information content (AvgIpc) is 4.18. The van der Waals surface area contributed by atoms with Gasteiger partial charge in [-0.25, -0.2) is 26.3 Å². The third-order valence-electron chi connectivity index (χ3n) is 14.4. The summed E-state index contributed by atoms with van der Waals surface area (Å²) in [7, 11) is -6.72. The minimum atomic E-state index is -3.36. The second-order valence-corrected chi connectivity index (χ2v) is 24.3. The fourth-order valence-corrected chi connectivity index (χ4v) is 12.5. The number of nitrogens with zero attached hydrogens (tertiary/aromatic N) is 2. The van der Waals surface area contributed by atoms with E-state index in [2.05, 4.69) is 88.4 Å². The zero-order valence-corrected chi connectivity index (χ0v) is 44.0. The minimum absolute atomic E-state index is 0.108. The number of ketones is 1. The van der Waals surface area contributed by atoms with E-state index in [4.69, 9.17) is 32.7 Å². The molecule has 72 heavy (non-hydrogen) atoms. The molecule has 6 aromatic rings. The summed E-state index contributed by atoms with van der Waals surface area (Å²) in [6, 6.07) is 19.6. The molecule has 2 aromatic heterocycles. The average molecular weight is 1060 g/mol. The van der Waals surface area contributed by atoms with Crippen molar-refractivity contribution in [3.8, 4) is 34.0 Å². The number of benzene rings is 4. The van der Waals surface area contributed by atoms with Crippen molar-refractivity contribution in [2.45, 2.75) is 89.6 Å². The van der Waals surface area contributed by atoms with Gasteiger partial charge < -0.3 is 19.4 Å². The number of aromatic nitrogens is 2. The number of H-pyrrole nitrogens is 2. The first kappa shape index (κ1) is 51.0. The molecule has 0 radical (unpaired) electrons. The number of rotatable bonds is 20. The van der Waals surface area contributed by atoms with Crippen LogP contribution in [0, 0.1) is 0 Å². The highest BCUT2D eigenvalue weighted by atomic mass is 35.5. The monoisotopic (exact) mass is 1060 g/mol. The molecule has 6 N–H and O–H groups in total. The van der Waals surface area contributed by atoms with Gasteiger partial charge in [-0.1, -0.05) is 48.2 Å². The van der Waals surface area contributed by atoms with Gasteiger partial charge in [-0.2, -0.15) is 0 Å². The summed E-state index contributed by atoms with van der Waals surface area (Å²) in [5.41, 5.74) is 10.6. The third kappa shape index (κ3) is 11.6. The Labute approximate surface area is 432 Å². The first-order chi connectivity index (χ1) is 34.7. The van der Waals surface area contributed by atoms with Crippen LogP contribution in [-0.2, 0) is 51.0 Å². The van der Waals surface area contributed by atoms with Crippen LogP contribution in [-0.4, -0.2) is 107 Å². The van der Waals surface area contributed by atoms with E-state index in [1.54, 1.807) is 0 Å². The Morgan fingerprint density at radius 3 is 1.43 bits per heavy atom. The number of nitrogens with one attached hydrogen (secondary N) is 6. The van der Waals surface area contributed by atoms with Gasteiger partial charge in [-0.05, 0) is 147 Å². The summed E-state index contributed by atoms with van der Waals surface area (Å²) in [6.07, 6.45) is 10.5. The van der Waals surface area contributed by atoms with E-state index < -0.39 is 32.1 Å². The van der Waals surface area contributed by atoms with Crippen LogP contribution >= 0.6 is 23.2 Å². The third-order valence-corrected chi connectivity index (χ3v) is 16.7. The largest absolute Gasteiger partial charge is 0.492 e. The van der Waals surface area contributed by atoms with Crippen LogP contribution in [0.4, 0.5) is 0 Å². The molecule has 2 saturated heterocycles. The number of aromatic amines is 2.